The molecule has 0 aromatic carbocycles. The predicted octanol–water partition coefficient (Wildman–Crippen LogP) is 1.19. The molecule has 0 aliphatic rings. The third-order valence-electron chi connectivity index (χ3n) is 1.53. The molecule has 0 amide bonds. The van der Waals surface area contributed by atoms with E-state index in [1.807, 2.05) is 23.5 Å². The first kappa shape index (κ1) is 12.6. The van der Waals surface area contributed by atoms with Gasteiger partial charge in [-0.3, -0.25) is 0 Å². The van der Waals surface area contributed by atoms with Crippen molar-refractivity contribution in [2.45, 2.75) is 5.37 Å². The Kier molecular flexibility index (Phi) is 8.65. The molecular weight excluding hydrogens is 188 g/mol. The van der Waals surface area contributed by atoms with Gasteiger partial charge < -0.3 is 10.2 Å². The Morgan fingerprint density at radius 2 is 2.00 bits per heavy atom. The van der Waals surface area contributed by atoms with Crippen LogP contribution in [0, 0.1) is 0 Å². The van der Waals surface area contributed by atoms with Crippen LogP contribution < -0.4 is 5.32 Å². The smallest absolute Gasteiger partial charge is 0.0621 e. The molecule has 0 saturated carbocycles. The summed E-state index contributed by atoms with van der Waals surface area (Å²) in [7, 11) is 4.20. The molecule has 0 aliphatic carbocycles. The van der Waals surface area contributed by atoms with Gasteiger partial charge in [0, 0.05) is 18.8 Å². The van der Waals surface area contributed by atoms with Gasteiger partial charge >= 0.3 is 0 Å². The van der Waals surface area contributed by atoms with E-state index in [0.717, 1.165) is 13.1 Å². The highest BCUT2D eigenvalue weighted by atomic mass is 32.2. The Morgan fingerprint density at radius 1 is 1.33 bits per heavy atom. The van der Waals surface area contributed by atoms with Crippen molar-refractivity contribution in [3.8, 4) is 0 Å². The van der Waals surface area contributed by atoms with Crippen molar-refractivity contribution in [2.75, 3.05) is 45.4 Å². The monoisotopic (exact) mass is 208 g/mol. The summed E-state index contributed by atoms with van der Waals surface area (Å²) in [5, 5.41) is 4.11. The summed E-state index contributed by atoms with van der Waals surface area (Å²) in [5.74, 6) is 1.19. The maximum Gasteiger partial charge on any atom is 0.0621 e. The maximum atomic E-state index is 3.50. The molecule has 0 saturated heterocycles. The number of rotatable bonds is 7. The second kappa shape index (κ2) is 8.23. The van der Waals surface area contributed by atoms with Gasteiger partial charge in [-0.15, -0.1) is 11.8 Å². The first-order valence-corrected chi connectivity index (χ1v) is 6.78. The minimum atomic E-state index is 0.611. The molecule has 0 aromatic rings. The van der Waals surface area contributed by atoms with Gasteiger partial charge in [0.25, 0.3) is 0 Å². The summed E-state index contributed by atoms with van der Waals surface area (Å²) in [6.45, 7) is 2.20. The van der Waals surface area contributed by atoms with Crippen LogP contribution in [0.15, 0.2) is 0 Å². The normalized spacial score (nSPS) is 13.8. The van der Waals surface area contributed by atoms with E-state index in [2.05, 4.69) is 36.8 Å². The van der Waals surface area contributed by atoms with Crippen LogP contribution in [0.5, 0.6) is 0 Å². The van der Waals surface area contributed by atoms with E-state index in [9.17, 15) is 0 Å². The molecule has 12 heavy (non-hydrogen) atoms. The highest BCUT2D eigenvalue weighted by Crippen LogP contribution is 2.07. The van der Waals surface area contributed by atoms with E-state index in [1.165, 1.54) is 5.75 Å². The summed E-state index contributed by atoms with van der Waals surface area (Å²) in [6, 6.07) is 0. The summed E-state index contributed by atoms with van der Waals surface area (Å²) in [6.07, 6.45) is 4.31. The fourth-order valence-corrected chi connectivity index (χ4v) is 2.47. The van der Waals surface area contributed by atoms with Crippen LogP contribution in [-0.4, -0.2) is 55.7 Å². The van der Waals surface area contributed by atoms with Gasteiger partial charge in [0.1, 0.15) is 0 Å². The van der Waals surface area contributed by atoms with Crippen molar-refractivity contribution in [2.24, 2.45) is 0 Å². The summed E-state index contributed by atoms with van der Waals surface area (Å²) < 4.78 is 0. The second-order valence-corrected chi connectivity index (χ2v) is 4.89. The largest absolute Gasteiger partial charge is 0.308 e. The van der Waals surface area contributed by atoms with Crippen LogP contribution in [0.3, 0.4) is 0 Å². The van der Waals surface area contributed by atoms with Crippen LogP contribution in [0.2, 0.25) is 0 Å². The Bertz CT molecular complexity index is 99.1. The van der Waals surface area contributed by atoms with E-state index >= 15 is 0 Å². The lowest BCUT2D eigenvalue weighted by Gasteiger charge is -2.16. The zero-order valence-corrected chi connectivity index (χ0v) is 10.1. The summed E-state index contributed by atoms with van der Waals surface area (Å²) in [5.41, 5.74) is 0. The average molecular weight is 208 g/mol. The van der Waals surface area contributed by atoms with Crippen molar-refractivity contribution in [3.05, 3.63) is 0 Å². The molecule has 0 rings (SSSR count). The van der Waals surface area contributed by atoms with E-state index in [0.29, 0.717) is 5.37 Å². The zero-order chi connectivity index (χ0) is 9.40. The van der Waals surface area contributed by atoms with E-state index in [1.54, 1.807) is 0 Å². The van der Waals surface area contributed by atoms with Gasteiger partial charge in [0.15, 0.2) is 0 Å². The van der Waals surface area contributed by atoms with Gasteiger partial charge in [0.2, 0.25) is 0 Å². The molecule has 1 N–H and O–H groups in total. The van der Waals surface area contributed by atoms with Crippen molar-refractivity contribution < 1.29 is 0 Å². The lowest BCUT2D eigenvalue weighted by molar-refractivity contribution is 0.400. The number of nitrogens with one attached hydrogen (secondary N) is 1. The topological polar surface area (TPSA) is 15.3 Å². The first-order valence-electron chi connectivity index (χ1n) is 4.10. The molecule has 0 aliphatic heterocycles. The van der Waals surface area contributed by atoms with Gasteiger partial charge in [-0.05, 0) is 26.6 Å². The van der Waals surface area contributed by atoms with Crippen LogP contribution in [0.1, 0.15) is 0 Å². The van der Waals surface area contributed by atoms with Crippen LogP contribution in [0.4, 0.5) is 0 Å². The van der Waals surface area contributed by atoms with E-state index < -0.39 is 0 Å². The van der Waals surface area contributed by atoms with Gasteiger partial charge in [-0.2, -0.15) is 11.8 Å². The second-order valence-electron chi connectivity index (χ2n) is 2.94. The van der Waals surface area contributed by atoms with Crippen LogP contribution in [0.25, 0.3) is 0 Å². The number of likely N-dealkylation sites (N-methyl/N-ethyl adjacent to an activating group) is 1. The Hall–Kier alpha value is 0.620. The van der Waals surface area contributed by atoms with Crippen LogP contribution >= 0.6 is 23.5 Å². The molecule has 0 aromatic heterocycles. The molecule has 0 radical (unpaired) electrons. The quantitative estimate of drug-likeness (QED) is 0.632. The van der Waals surface area contributed by atoms with Crippen molar-refractivity contribution >= 4 is 23.5 Å². The first-order chi connectivity index (χ1) is 5.70. The number of hydrogen-bond acceptors (Lipinski definition) is 4. The molecule has 74 valence electrons. The molecule has 1 unspecified atom stereocenters. The Morgan fingerprint density at radius 3 is 2.42 bits per heavy atom. The minimum absolute atomic E-state index is 0.611. The third kappa shape index (κ3) is 7.28. The fraction of sp³-hybridized carbons (Fsp3) is 1.00. The standard InChI is InChI=1S/C8H20N2S2/c1-10(2)6-5-9-8(12-4)7-11-3/h8-9H,5-7H2,1-4H3. The number of nitrogens with zero attached hydrogens (tertiary/aromatic N) is 1. The predicted molar refractivity (Wildman–Crippen MR) is 62.2 cm³/mol. The molecule has 0 fully saturated rings. The SMILES string of the molecule is CSCC(NCCN(C)C)SC. The van der Waals surface area contributed by atoms with E-state index in [-0.39, 0.29) is 0 Å². The van der Waals surface area contributed by atoms with Gasteiger partial charge in [0.05, 0.1) is 5.37 Å². The summed E-state index contributed by atoms with van der Waals surface area (Å²) >= 11 is 3.79. The van der Waals surface area contributed by atoms with Gasteiger partial charge in [-0.1, -0.05) is 0 Å². The van der Waals surface area contributed by atoms with Crippen molar-refractivity contribution in [1.29, 1.82) is 0 Å². The lowest BCUT2D eigenvalue weighted by atomic mass is 10.5. The fourth-order valence-electron chi connectivity index (χ4n) is 0.811. The Labute approximate surface area is 84.8 Å². The highest BCUT2D eigenvalue weighted by molar-refractivity contribution is 8.02. The summed E-state index contributed by atoms with van der Waals surface area (Å²) in [4.78, 5) is 2.20. The zero-order valence-electron chi connectivity index (χ0n) is 8.46. The molecule has 0 spiro atoms. The number of hydrogen-bond donors (Lipinski definition) is 1. The molecule has 0 bridgehead atoms. The molecule has 4 heteroatoms. The minimum Gasteiger partial charge on any atom is -0.308 e. The van der Waals surface area contributed by atoms with Crippen LogP contribution in [-0.2, 0) is 0 Å². The average Bonchev–Trinajstić information content (AvgIpc) is 2.02. The molecule has 0 heterocycles. The van der Waals surface area contributed by atoms with E-state index in [4.69, 9.17) is 0 Å². The third-order valence-corrected chi connectivity index (χ3v) is 3.31. The molecular formula is C8H20N2S2. The van der Waals surface area contributed by atoms with Crippen molar-refractivity contribution in [3.63, 3.8) is 0 Å². The maximum absolute atomic E-state index is 3.50. The van der Waals surface area contributed by atoms with Gasteiger partial charge in [-0.25, -0.2) is 0 Å². The highest BCUT2D eigenvalue weighted by Gasteiger charge is 2.03. The molecule has 2 nitrogen and oxygen atoms in total. The Balaban J connectivity index is 3.31. The lowest BCUT2D eigenvalue weighted by Crippen LogP contribution is -2.34. The number of thioether (sulfide) groups is 2. The molecule has 1 atom stereocenters. The van der Waals surface area contributed by atoms with Crippen molar-refractivity contribution in [1.82, 2.24) is 10.2 Å².